The van der Waals surface area contributed by atoms with Crippen molar-refractivity contribution >= 4 is 31.2 Å². The zero-order valence-corrected chi connectivity index (χ0v) is 17.7. The molecule has 0 amide bonds. The van der Waals surface area contributed by atoms with Gasteiger partial charge in [-0.15, -0.1) is 0 Å². The molecule has 6 nitrogen and oxygen atoms in total. The van der Waals surface area contributed by atoms with E-state index in [1.165, 1.54) is 24.3 Å². The van der Waals surface area contributed by atoms with E-state index in [9.17, 15) is 16.8 Å². The normalized spacial score (nSPS) is 11.8. The van der Waals surface area contributed by atoms with E-state index in [1.807, 2.05) is 43.4 Å². The van der Waals surface area contributed by atoms with E-state index in [4.69, 9.17) is 0 Å². The van der Waals surface area contributed by atoms with Crippen LogP contribution in [0.3, 0.4) is 0 Å². The number of hydrogen-bond acceptors (Lipinski definition) is 5. The maximum absolute atomic E-state index is 12.5. The van der Waals surface area contributed by atoms with Gasteiger partial charge < -0.3 is 5.32 Å². The van der Waals surface area contributed by atoms with E-state index in [1.54, 1.807) is 12.1 Å². The average molecular weight is 431 g/mol. The number of rotatable bonds is 7. The third kappa shape index (κ3) is 5.36. The molecule has 2 N–H and O–H groups in total. The number of benzene rings is 3. The summed E-state index contributed by atoms with van der Waals surface area (Å²) in [5, 5.41) is 3.08. The molecule has 0 spiro atoms. The van der Waals surface area contributed by atoms with Crippen molar-refractivity contribution in [3.63, 3.8) is 0 Å². The first-order valence-electron chi connectivity index (χ1n) is 8.86. The highest BCUT2D eigenvalue weighted by molar-refractivity contribution is 7.92. The Labute approximate surface area is 171 Å². The lowest BCUT2D eigenvalue weighted by molar-refractivity contribution is 0.597. The summed E-state index contributed by atoms with van der Waals surface area (Å²) < 4.78 is 50.6. The van der Waals surface area contributed by atoms with Gasteiger partial charge in [-0.05, 0) is 66.1 Å². The molecule has 0 bridgehead atoms. The highest BCUT2D eigenvalue weighted by atomic mass is 32.2. The van der Waals surface area contributed by atoms with Gasteiger partial charge in [-0.2, -0.15) is 0 Å². The zero-order valence-electron chi connectivity index (χ0n) is 16.1. The Morgan fingerprint density at radius 2 is 1.10 bits per heavy atom. The van der Waals surface area contributed by atoms with Crippen LogP contribution in [0.4, 0.5) is 11.4 Å². The SMILES string of the molecule is CNc1ccc(Cc2ccc(NS(=O)(=O)c3ccc(S(C)(=O)=O)cc3)cc2)cc1. The lowest BCUT2D eigenvalue weighted by Crippen LogP contribution is -2.13. The van der Waals surface area contributed by atoms with Gasteiger partial charge >= 0.3 is 0 Å². The van der Waals surface area contributed by atoms with Crippen LogP contribution < -0.4 is 10.0 Å². The summed E-state index contributed by atoms with van der Waals surface area (Å²) in [5.74, 6) is 0. The highest BCUT2D eigenvalue weighted by Gasteiger charge is 2.16. The van der Waals surface area contributed by atoms with Crippen molar-refractivity contribution in [3.8, 4) is 0 Å². The van der Waals surface area contributed by atoms with E-state index in [0.29, 0.717) is 5.69 Å². The fraction of sp³-hybridized carbons (Fsp3) is 0.143. The van der Waals surface area contributed by atoms with Crippen molar-refractivity contribution in [2.45, 2.75) is 16.2 Å². The predicted molar refractivity (Wildman–Crippen MR) is 116 cm³/mol. The summed E-state index contributed by atoms with van der Waals surface area (Å²) >= 11 is 0. The molecule has 0 atom stereocenters. The molecule has 3 rings (SSSR count). The van der Waals surface area contributed by atoms with Crippen LogP contribution in [0, 0.1) is 0 Å². The summed E-state index contributed by atoms with van der Waals surface area (Å²) in [4.78, 5) is 0.0714. The van der Waals surface area contributed by atoms with Gasteiger partial charge in [-0.1, -0.05) is 24.3 Å². The average Bonchev–Trinajstić information content (AvgIpc) is 2.69. The van der Waals surface area contributed by atoms with Gasteiger partial charge in [0, 0.05) is 24.7 Å². The fourth-order valence-corrected chi connectivity index (χ4v) is 4.48. The maximum Gasteiger partial charge on any atom is 0.261 e. The Balaban J connectivity index is 1.71. The van der Waals surface area contributed by atoms with Gasteiger partial charge in [0.25, 0.3) is 10.0 Å². The topological polar surface area (TPSA) is 92.3 Å². The van der Waals surface area contributed by atoms with Crippen LogP contribution in [0.15, 0.2) is 82.6 Å². The molecule has 3 aromatic carbocycles. The van der Waals surface area contributed by atoms with Crippen molar-refractivity contribution < 1.29 is 16.8 Å². The Morgan fingerprint density at radius 3 is 1.55 bits per heavy atom. The van der Waals surface area contributed by atoms with E-state index in [2.05, 4.69) is 10.0 Å². The van der Waals surface area contributed by atoms with Crippen molar-refractivity contribution in [2.24, 2.45) is 0 Å². The van der Waals surface area contributed by atoms with Crippen LogP contribution in [-0.4, -0.2) is 30.1 Å². The molecule has 0 heterocycles. The van der Waals surface area contributed by atoms with E-state index in [0.717, 1.165) is 29.5 Å². The molecule has 0 fully saturated rings. The molecule has 0 saturated heterocycles. The monoisotopic (exact) mass is 430 g/mol. The van der Waals surface area contributed by atoms with Crippen LogP contribution in [-0.2, 0) is 26.3 Å². The fourth-order valence-electron chi connectivity index (χ4n) is 2.80. The van der Waals surface area contributed by atoms with E-state index >= 15 is 0 Å². The molecule has 152 valence electrons. The Kier molecular flexibility index (Phi) is 5.95. The van der Waals surface area contributed by atoms with Crippen LogP contribution in [0.5, 0.6) is 0 Å². The second-order valence-electron chi connectivity index (χ2n) is 6.67. The number of nitrogens with one attached hydrogen (secondary N) is 2. The first-order valence-corrected chi connectivity index (χ1v) is 12.2. The number of sulfone groups is 1. The Hall–Kier alpha value is -2.84. The molecule has 0 radical (unpaired) electrons. The molecule has 3 aromatic rings. The first-order chi connectivity index (χ1) is 13.7. The van der Waals surface area contributed by atoms with Gasteiger partial charge in [0.1, 0.15) is 0 Å². The summed E-state index contributed by atoms with van der Waals surface area (Å²) in [6, 6.07) is 20.4. The summed E-state index contributed by atoms with van der Waals surface area (Å²) in [7, 11) is -5.31. The molecular formula is C21H22N2O4S2. The third-order valence-electron chi connectivity index (χ3n) is 4.42. The minimum Gasteiger partial charge on any atom is -0.388 e. The van der Waals surface area contributed by atoms with Crippen molar-refractivity contribution in [1.29, 1.82) is 0 Å². The molecule has 0 aliphatic carbocycles. The molecule has 0 saturated carbocycles. The van der Waals surface area contributed by atoms with Crippen molar-refractivity contribution in [2.75, 3.05) is 23.3 Å². The van der Waals surface area contributed by atoms with Crippen LogP contribution in [0.25, 0.3) is 0 Å². The first kappa shape index (κ1) is 20.9. The smallest absolute Gasteiger partial charge is 0.261 e. The summed E-state index contributed by atoms with van der Waals surface area (Å²) in [5.41, 5.74) is 3.69. The predicted octanol–water partition coefficient (Wildman–Crippen LogP) is 3.52. The van der Waals surface area contributed by atoms with Crippen LogP contribution >= 0.6 is 0 Å². The lowest BCUT2D eigenvalue weighted by atomic mass is 10.0. The second-order valence-corrected chi connectivity index (χ2v) is 10.4. The quantitative estimate of drug-likeness (QED) is 0.598. The van der Waals surface area contributed by atoms with E-state index < -0.39 is 19.9 Å². The van der Waals surface area contributed by atoms with Crippen LogP contribution in [0.1, 0.15) is 11.1 Å². The minimum atomic E-state index is -3.81. The highest BCUT2D eigenvalue weighted by Crippen LogP contribution is 2.20. The Morgan fingerprint density at radius 1 is 0.655 bits per heavy atom. The maximum atomic E-state index is 12.5. The summed E-state index contributed by atoms with van der Waals surface area (Å²) in [6.07, 6.45) is 1.81. The second kappa shape index (κ2) is 8.26. The minimum absolute atomic E-state index is 0.00130. The van der Waals surface area contributed by atoms with E-state index in [-0.39, 0.29) is 9.79 Å². The molecule has 0 unspecified atom stereocenters. The molecular weight excluding hydrogens is 408 g/mol. The van der Waals surface area contributed by atoms with Crippen molar-refractivity contribution in [3.05, 3.63) is 83.9 Å². The van der Waals surface area contributed by atoms with Gasteiger partial charge in [-0.25, -0.2) is 16.8 Å². The van der Waals surface area contributed by atoms with Gasteiger partial charge in [0.15, 0.2) is 9.84 Å². The number of sulfonamides is 1. The molecule has 0 aromatic heterocycles. The lowest BCUT2D eigenvalue weighted by Gasteiger charge is -2.10. The van der Waals surface area contributed by atoms with Crippen LogP contribution in [0.2, 0.25) is 0 Å². The summed E-state index contributed by atoms with van der Waals surface area (Å²) in [6.45, 7) is 0. The molecule has 0 aliphatic heterocycles. The number of anilines is 2. The molecule has 0 aliphatic rings. The zero-order chi connectivity index (χ0) is 21.1. The van der Waals surface area contributed by atoms with Crippen molar-refractivity contribution in [1.82, 2.24) is 0 Å². The van der Waals surface area contributed by atoms with Gasteiger partial charge in [-0.3, -0.25) is 4.72 Å². The largest absolute Gasteiger partial charge is 0.388 e. The van der Waals surface area contributed by atoms with Gasteiger partial charge in [0.05, 0.1) is 9.79 Å². The Bertz CT molecular complexity index is 1190. The van der Waals surface area contributed by atoms with Gasteiger partial charge in [0.2, 0.25) is 0 Å². The number of hydrogen-bond donors (Lipinski definition) is 2. The molecule has 8 heteroatoms. The molecule has 29 heavy (non-hydrogen) atoms. The third-order valence-corrected chi connectivity index (χ3v) is 6.94. The standard InChI is InChI=1S/C21H22N2O4S2/c1-22-18-7-3-16(4-8-18)15-17-5-9-19(10-6-17)23-29(26,27)21-13-11-20(12-14-21)28(2,24)25/h3-14,22-23H,15H2,1-2H3.